The van der Waals surface area contributed by atoms with E-state index < -0.39 is 0 Å². The number of aromatic nitrogens is 3. The number of anilines is 1. The van der Waals surface area contributed by atoms with Crippen LogP contribution < -0.4 is 10.1 Å². The summed E-state index contributed by atoms with van der Waals surface area (Å²) in [6.07, 6.45) is 5.84. The first-order valence-corrected chi connectivity index (χ1v) is 9.48. The zero-order chi connectivity index (χ0) is 20.2. The number of hydrogen-bond acceptors (Lipinski definition) is 4. The van der Waals surface area contributed by atoms with Crippen molar-refractivity contribution in [3.8, 4) is 17.0 Å². The highest BCUT2D eigenvalue weighted by atomic mass is 16.5. The number of carbonyl (C=O) groups is 1. The fourth-order valence-electron chi connectivity index (χ4n) is 3.19. The van der Waals surface area contributed by atoms with E-state index >= 15 is 0 Å². The van der Waals surface area contributed by atoms with Gasteiger partial charge in [0.25, 0.3) is 0 Å². The number of carbonyl (C=O) groups excluding carboxylic acids is 1. The van der Waals surface area contributed by atoms with Crippen molar-refractivity contribution in [3.05, 3.63) is 78.2 Å². The van der Waals surface area contributed by atoms with Gasteiger partial charge >= 0.3 is 0 Å². The van der Waals surface area contributed by atoms with Crippen LogP contribution in [-0.4, -0.2) is 26.9 Å². The molecule has 6 nitrogen and oxygen atoms in total. The van der Waals surface area contributed by atoms with Crippen molar-refractivity contribution < 1.29 is 9.53 Å². The number of ether oxygens (including phenoxy) is 1. The molecule has 0 saturated carbocycles. The van der Waals surface area contributed by atoms with E-state index in [4.69, 9.17) is 4.74 Å². The Morgan fingerprint density at radius 1 is 1.10 bits per heavy atom. The van der Waals surface area contributed by atoms with Crippen molar-refractivity contribution in [1.82, 2.24) is 14.4 Å². The maximum Gasteiger partial charge on any atom is 0.234 e. The highest BCUT2D eigenvalue weighted by molar-refractivity contribution is 5.91. The zero-order valence-corrected chi connectivity index (χ0v) is 16.4. The van der Waals surface area contributed by atoms with Crippen molar-refractivity contribution in [2.45, 2.75) is 20.3 Å². The van der Waals surface area contributed by atoms with Crippen LogP contribution in [0.1, 0.15) is 17.5 Å². The van der Waals surface area contributed by atoms with E-state index in [2.05, 4.69) is 21.4 Å². The van der Waals surface area contributed by atoms with Crippen LogP contribution in [0.25, 0.3) is 17.0 Å². The molecule has 4 rings (SSSR count). The standard InChI is InChI=1S/C23H22N4O2/c1-16-12-17(2)14-20(13-16)29-11-8-22(28)25-19-6-4-18(5-7-19)21-15-27-10-3-9-24-23(27)26-21/h3-7,9-10,12-15H,8,11H2,1-2H3,(H,25,28). The van der Waals surface area contributed by atoms with Crippen LogP contribution in [0.15, 0.2) is 67.1 Å². The van der Waals surface area contributed by atoms with Crippen LogP contribution in [0.2, 0.25) is 0 Å². The lowest BCUT2D eigenvalue weighted by Crippen LogP contribution is -2.15. The van der Waals surface area contributed by atoms with Crippen molar-refractivity contribution in [3.63, 3.8) is 0 Å². The maximum atomic E-state index is 12.2. The molecule has 0 radical (unpaired) electrons. The Balaban J connectivity index is 1.32. The van der Waals surface area contributed by atoms with Crippen LogP contribution in [0.4, 0.5) is 5.69 Å². The Labute approximate surface area is 169 Å². The monoisotopic (exact) mass is 386 g/mol. The third-order valence-electron chi connectivity index (χ3n) is 4.49. The molecule has 146 valence electrons. The van der Waals surface area contributed by atoms with Gasteiger partial charge in [-0.3, -0.25) is 9.20 Å². The fourth-order valence-corrected chi connectivity index (χ4v) is 3.19. The van der Waals surface area contributed by atoms with E-state index in [1.165, 1.54) is 0 Å². The molecule has 0 aliphatic heterocycles. The molecule has 0 saturated heterocycles. The van der Waals surface area contributed by atoms with Gasteiger partial charge in [0.15, 0.2) is 0 Å². The van der Waals surface area contributed by atoms with E-state index in [1.807, 2.05) is 73.1 Å². The lowest BCUT2D eigenvalue weighted by Gasteiger charge is -2.09. The number of hydrogen-bond donors (Lipinski definition) is 1. The average Bonchev–Trinajstić information content (AvgIpc) is 3.12. The van der Waals surface area contributed by atoms with Crippen LogP contribution in [0, 0.1) is 13.8 Å². The van der Waals surface area contributed by atoms with Crippen LogP contribution in [0.3, 0.4) is 0 Å². The molecule has 0 aliphatic carbocycles. The molecule has 1 amide bonds. The van der Waals surface area contributed by atoms with Gasteiger partial charge in [-0.2, -0.15) is 0 Å². The number of amides is 1. The van der Waals surface area contributed by atoms with E-state index in [0.717, 1.165) is 33.8 Å². The van der Waals surface area contributed by atoms with Gasteiger partial charge in [-0.1, -0.05) is 18.2 Å². The number of nitrogens with zero attached hydrogens (tertiary/aromatic N) is 3. The number of nitrogens with one attached hydrogen (secondary N) is 1. The smallest absolute Gasteiger partial charge is 0.234 e. The summed E-state index contributed by atoms with van der Waals surface area (Å²) in [6, 6.07) is 15.5. The molecule has 0 bridgehead atoms. The summed E-state index contributed by atoms with van der Waals surface area (Å²) in [5.74, 6) is 1.37. The number of imidazole rings is 1. The van der Waals surface area contributed by atoms with E-state index in [-0.39, 0.29) is 12.3 Å². The molecule has 2 aromatic heterocycles. The number of benzene rings is 2. The Kier molecular flexibility index (Phi) is 5.24. The first kappa shape index (κ1) is 18.7. The quantitative estimate of drug-likeness (QED) is 0.533. The molecule has 0 spiro atoms. The summed E-state index contributed by atoms with van der Waals surface area (Å²) < 4.78 is 7.58. The summed E-state index contributed by atoms with van der Waals surface area (Å²) in [5.41, 5.74) is 4.83. The van der Waals surface area contributed by atoms with Crippen molar-refractivity contribution in [2.24, 2.45) is 0 Å². The molecular formula is C23H22N4O2. The van der Waals surface area contributed by atoms with Crippen LogP contribution in [-0.2, 0) is 4.79 Å². The molecule has 4 aromatic rings. The Morgan fingerprint density at radius 3 is 2.59 bits per heavy atom. The second-order valence-electron chi connectivity index (χ2n) is 7.00. The lowest BCUT2D eigenvalue weighted by molar-refractivity contribution is -0.116. The minimum absolute atomic E-state index is 0.0842. The first-order valence-electron chi connectivity index (χ1n) is 9.48. The normalized spacial score (nSPS) is 10.8. The number of aryl methyl sites for hydroxylation is 2. The molecule has 0 unspecified atom stereocenters. The minimum Gasteiger partial charge on any atom is -0.493 e. The van der Waals surface area contributed by atoms with Gasteiger partial charge in [-0.15, -0.1) is 0 Å². The molecule has 6 heteroatoms. The summed E-state index contributed by atoms with van der Waals surface area (Å²) in [7, 11) is 0. The maximum absolute atomic E-state index is 12.2. The van der Waals surface area contributed by atoms with Gasteiger partial charge in [0.2, 0.25) is 11.7 Å². The third kappa shape index (κ3) is 4.60. The SMILES string of the molecule is Cc1cc(C)cc(OCCC(=O)Nc2ccc(-c3cn4cccnc4n3)cc2)c1. The van der Waals surface area contributed by atoms with Crippen LogP contribution in [0.5, 0.6) is 5.75 Å². The fraction of sp³-hybridized carbons (Fsp3) is 0.174. The Morgan fingerprint density at radius 2 is 1.86 bits per heavy atom. The lowest BCUT2D eigenvalue weighted by atomic mass is 10.1. The average molecular weight is 386 g/mol. The van der Waals surface area contributed by atoms with Crippen molar-refractivity contribution in [2.75, 3.05) is 11.9 Å². The second kappa shape index (κ2) is 8.14. The van der Waals surface area contributed by atoms with Gasteiger partial charge < -0.3 is 10.1 Å². The van der Waals surface area contributed by atoms with Gasteiger partial charge in [0, 0.05) is 29.8 Å². The zero-order valence-electron chi connectivity index (χ0n) is 16.4. The van der Waals surface area contributed by atoms with Gasteiger partial charge in [0.05, 0.1) is 18.7 Å². The predicted molar refractivity (Wildman–Crippen MR) is 113 cm³/mol. The summed E-state index contributed by atoms with van der Waals surface area (Å²) in [6.45, 7) is 4.39. The second-order valence-corrected chi connectivity index (χ2v) is 7.00. The first-order chi connectivity index (χ1) is 14.1. The Bertz CT molecular complexity index is 1100. The van der Waals surface area contributed by atoms with E-state index in [9.17, 15) is 4.79 Å². The van der Waals surface area contributed by atoms with Crippen LogP contribution >= 0.6 is 0 Å². The molecule has 0 atom stereocenters. The Hall–Kier alpha value is -3.67. The summed E-state index contributed by atoms with van der Waals surface area (Å²) in [4.78, 5) is 20.9. The highest BCUT2D eigenvalue weighted by Crippen LogP contribution is 2.21. The van der Waals surface area contributed by atoms with E-state index in [1.54, 1.807) is 6.20 Å². The molecular weight excluding hydrogens is 364 g/mol. The van der Waals surface area contributed by atoms with Crippen molar-refractivity contribution in [1.29, 1.82) is 0 Å². The number of fused-ring (bicyclic) bond motifs is 1. The van der Waals surface area contributed by atoms with Gasteiger partial charge in [-0.25, -0.2) is 9.97 Å². The minimum atomic E-state index is -0.0842. The van der Waals surface area contributed by atoms with Crippen molar-refractivity contribution >= 4 is 17.4 Å². The summed E-state index contributed by atoms with van der Waals surface area (Å²) in [5, 5.41) is 2.90. The largest absolute Gasteiger partial charge is 0.493 e. The number of rotatable bonds is 6. The van der Waals surface area contributed by atoms with E-state index in [0.29, 0.717) is 12.4 Å². The highest BCUT2D eigenvalue weighted by Gasteiger charge is 2.07. The van der Waals surface area contributed by atoms with Gasteiger partial charge in [0.1, 0.15) is 5.75 Å². The molecule has 0 fully saturated rings. The topological polar surface area (TPSA) is 68.5 Å². The molecule has 0 aliphatic rings. The predicted octanol–water partition coefficient (Wildman–Crippen LogP) is 4.42. The molecule has 29 heavy (non-hydrogen) atoms. The molecule has 2 aromatic carbocycles. The third-order valence-corrected chi connectivity index (χ3v) is 4.49. The molecule has 2 heterocycles. The summed E-state index contributed by atoms with van der Waals surface area (Å²) >= 11 is 0. The van der Waals surface area contributed by atoms with Gasteiger partial charge in [-0.05, 0) is 55.3 Å². The molecule has 1 N–H and O–H groups in total.